The Hall–Kier alpha value is -0.390. The first-order valence-electron chi connectivity index (χ1n) is 6.12. The summed E-state index contributed by atoms with van der Waals surface area (Å²) in [6.45, 7) is 3.32. The van der Waals surface area contributed by atoms with Crippen LogP contribution in [0.4, 0.5) is 0 Å². The van der Waals surface area contributed by atoms with Crippen molar-refractivity contribution >= 4 is 33.9 Å². The predicted molar refractivity (Wildman–Crippen MR) is 88.1 cm³/mol. The Labute approximate surface area is 127 Å². The molecule has 0 saturated carbocycles. The summed E-state index contributed by atoms with van der Waals surface area (Å²) in [5.74, 6) is 0. The number of hydrogen-bond acceptors (Lipinski definition) is 2. The van der Waals surface area contributed by atoms with Crippen LogP contribution in [0.1, 0.15) is 17.4 Å². The van der Waals surface area contributed by atoms with Gasteiger partial charge in [-0.1, -0.05) is 18.2 Å². The summed E-state index contributed by atoms with van der Waals surface area (Å²) in [5, 5.41) is 2.15. The zero-order chi connectivity index (χ0) is 13.0. The normalized spacial score (nSPS) is 12.9. The summed E-state index contributed by atoms with van der Waals surface area (Å²) in [7, 11) is 2.20. The van der Waals surface area contributed by atoms with Crippen LogP contribution in [0.2, 0.25) is 0 Å². The third kappa shape index (κ3) is 4.07. The highest BCUT2D eigenvalue weighted by Gasteiger charge is 2.10. The maximum atomic E-state index is 2.42. The van der Waals surface area contributed by atoms with Crippen molar-refractivity contribution in [1.29, 1.82) is 0 Å². The molecule has 0 radical (unpaired) electrons. The van der Waals surface area contributed by atoms with E-state index in [0.717, 1.165) is 13.0 Å². The molecule has 1 heterocycles. The van der Waals surface area contributed by atoms with Gasteiger partial charge in [-0.2, -0.15) is 0 Å². The fourth-order valence-electron chi connectivity index (χ4n) is 1.91. The molecular formula is C15H18INS. The highest BCUT2D eigenvalue weighted by molar-refractivity contribution is 14.1. The molecule has 1 aromatic heterocycles. The molecule has 96 valence electrons. The van der Waals surface area contributed by atoms with Crippen molar-refractivity contribution in [2.45, 2.75) is 25.9 Å². The van der Waals surface area contributed by atoms with Crippen molar-refractivity contribution in [3.8, 4) is 0 Å². The molecule has 0 aliphatic rings. The Morgan fingerprint density at radius 3 is 2.56 bits per heavy atom. The SMILES string of the molecule is CC(Cc1cccs1)N(C)Cc1ccc(I)cc1. The van der Waals surface area contributed by atoms with E-state index in [1.165, 1.54) is 14.0 Å². The standard InChI is InChI=1S/C15H18INS/c1-12(10-15-4-3-9-18-15)17(2)11-13-5-7-14(16)8-6-13/h3-9,12H,10-11H2,1-2H3. The average Bonchev–Trinajstić information content (AvgIpc) is 2.85. The van der Waals surface area contributed by atoms with Crippen molar-refractivity contribution in [3.63, 3.8) is 0 Å². The molecule has 0 saturated heterocycles. The molecule has 0 spiro atoms. The van der Waals surface area contributed by atoms with E-state index in [4.69, 9.17) is 0 Å². The third-order valence-electron chi connectivity index (χ3n) is 3.17. The van der Waals surface area contributed by atoms with E-state index in [-0.39, 0.29) is 0 Å². The molecule has 2 rings (SSSR count). The van der Waals surface area contributed by atoms with E-state index in [1.807, 2.05) is 11.3 Å². The second-order valence-corrected chi connectivity index (χ2v) is 6.95. The molecule has 2 aromatic rings. The van der Waals surface area contributed by atoms with Crippen LogP contribution >= 0.6 is 33.9 Å². The number of benzene rings is 1. The zero-order valence-corrected chi connectivity index (χ0v) is 13.7. The van der Waals surface area contributed by atoms with Crippen LogP contribution < -0.4 is 0 Å². The molecule has 0 fully saturated rings. The molecule has 0 aliphatic carbocycles. The van der Waals surface area contributed by atoms with Crippen LogP contribution in [-0.4, -0.2) is 18.0 Å². The second kappa shape index (κ2) is 6.68. The Kier molecular flexibility index (Phi) is 5.21. The first-order valence-corrected chi connectivity index (χ1v) is 8.08. The van der Waals surface area contributed by atoms with Gasteiger partial charge < -0.3 is 0 Å². The lowest BCUT2D eigenvalue weighted by Gasteiger charge is -2.24. The van der Waals surface area contributed by atoms with Gasteiger partial charge in [0.15, 0.2) is 0 Å². The molecular weight excluding hydrogens is 353 g/mol. The molecule has 1 aromatic carbocycles. The minimum Gasteiger partial charge on any atom is -0.299 e. The number of thiophene rings is 1. The Bertz CT molecular complexity index is 464. The molecule has 0 amide bonds. The number of rotatable bonds is 5. The fourth-order valence-corrected chi connectivity index (χ4v) is 3.10. The van der Waals surface area contributed by atoms with Gasteiger partial charge in [0, 0.05) is 21.0 Å². The van der Waals surface area contributed by atoms with Gasteiger partial charge in [0.2, 0.25) is 0 Å². The largest absolute Gasteiger partial charge is 0.299 e. The van der Waals surface area contributed by atoms with E-state index < -0.39 is 0 Å². The zero-order valence-electron chi connectivity index (χ0n) is 10.8. The van der Waals surface area contributed by atoms with Crippen molar-refractivity contribution in [2.75, 3.05) is 7.05 Å². The quantitative estimate of drug-likeness (QED) is 0.704. The van der Waals surface area contributed by atoms with Gasteiger partial charge >= 0.3 is 0 Å². The van der Waals surface area contributed by atoms with E-state index in [9.17, 15) is 0 Å². The summed E-state index contributed by atoms with van der Waals surface area (Å²) < 4.78 is 1.30. The maximum Gasteiger partial charge on any atom is 0.0233 e. The first kappa shape index (κ1) is 14.0. The minimum atomic E-state index is 0.572. The molecule has 18 heavy (non-hydrogen) atoms. The van der Waals surface area contributed by atoms with Crippen molar-refractivity contribution in [1.82, 2.24) is 4.90 Å². The van der Waals surface area contributed by atoms with E-state index >= 15 is 0 Å². The van der Waals surface area contributed by atoms with E-state index in [2.05, 4.69) is 83.2 Å². The number of halogens is 1. The first-order chi connectivity index (χ1) is 8.65. The predicted octanol–water partition coefficient (Wildman–Crippen LogP) is 4.42. The highest BCUT2D eigenvalue weighted by atomic mass is 127. The maximum absolute atomic E-state index is 2.42. The number of nitrogens with zero attached hydrogens (tertiary/aromatic N) is 1. The lowest BCUT2D eigenvalue weighted by atomic mass is 10.1. The Balaban J connectivity index is 1.90. The number of likely N-dealkylation sites (N-methyl/N-ethyl adjacent to an activating group) is 1. The van der Waals surface area contributed by atoms with Gasteiger partial charge in [0.1, 0.15) is 0 Å². The fraction of sp³-hybridized carbons (Fsp3) is 0.333. The third-order valence-corrected chi connectivity index (χ3v) is 4.79. The second-order valence-electron chi connectivity index (χ2n) is 4.67. The van der Waals surface area contributed by atoms with Gasteiger partial charge in [-0.05, 0) is 72.1 Å². The molecule has 1 atom stereocenters. The lowest BCUT2D eigenvalue weighted by molar-refractivity contribution is 0.249. The van der Waals surface area contributed by atoms with Gasteiger partial charge in [0.05, 0.1) is 0 Å². The van der Waals surface area contributed by atoms with Gasteiger partial charge in [0.25, 0.3) is 0 Å². The summed E-state index contributed by atoms with van der Waals surface area (Å²) in [5.41, 5.74) is 1.39. The van der Waals surface area contributed by atoms with Crippen LogP contribution in [0.3, 0.4) is 0 Å². The smallest absolute Gasteiger partial charge is 0.0233 e. The van der Waals surface area contributed by atoms with Crippen LogP contribution in [0.5, 0.6) is 0 Å². The topological polar surface area (TPSA) is 3.24 Å². The summed E-state index contributed by atoms with van der Waals surface area (Å²) >= 11 is 4.19. The van der Waals surface area contributed by atoms with Crippen LogP contribution in [0, 0.1) is 3.57 Å². The van der Waals surface area contributed by atoms with Crippen LogP contribution in [-0.2, 0) is 13.0 Å². The minimum absolute atomic E-state index is 0.572. The van der Waals surface area contributed by atoms with Gasteiger partial charge in [-0.3, -0.25) is 4.90 Å². The lowest BCUT2D eigenvalue weighted by Crippen LogP contribution is -2.30. The summed E-state index contributed by atoms with van der Waals surface area (Å²) in [6, 6.07) is 13.7. The average molecular weight is 371 g/mol. The van der Waals surface area contributed by atoms with Crippen LogP contribution in [0.15, 0.2) is 41.8 Å². The van der Waals surface area contributed by atoms with Crippen molar-refractivity contribution in [2.24, 2.45) is 0 Å². The van der Waals surface area contributed by atoms with Gasteiger partial charge in [-0.25, -0.2) is 0 Å². The molecule has 3 heteroatoms. The Morgan fingerprint density at radius 1 is 1.22 bits per heavy atom. The molecule has 1 nitrogen and oxygen atoms in total. The van der Waals surface area contributed by atoms with Crippen molar-refractivity contribution < 1.29 is 0 Å². The number of hydrogen-bond donors (Lipinski definition) is 0. The molecule has 1 unspecified atom stereocenters. The molecule has 0 N–H and O–H groups in total. The molecule has 0 bridgehead atoms. The van der Waals surface area contributed by atoms with E-state index in [0.29, 0.717) is 6.04 Å². The molecule has 0 aliphatic heterocycles. The van der Waals surface area contributed by atoms with Crippen LogP contribution in [0.25, 0.3) is 0 Å². The monoisotopic (exact) mass is 371 g/mol. The van der Waals surface area contributed by atoms with E-state index in [1.54, 1.807) is 0 Å². The highest BCUT2D eigenvalue weighted by Crippen LogP contribution is 2.15. The Morgan fingerprint density at radius 2 is 1.94 bits per heavy atom. The van der Waals surface area contributed by atoms with Crippen molar-refractivity contribution in [3.05, 3.63) is 55.8 Å². The summed E-state index contributed by atoms with van der Waals surface area (Å²) in [6.07, 6.45) is 1.14. The van der Waals surface area contributed by atoms with Gasteiger partial charge in [-0.15, -0.1) is 11.3 Å². The summed E-state index contributed by atoms with van der Waals surface area (Å²) in [4.78, 5) is 3.89.